The molecule has 0 aromatic carbocycles. The molecule has 176 valence electrons. The minimum atomic E-state index is 0.149. The van der Waals surface area contributed by atoms with E-state index in [1.807, 2.05) is 18.2 Å². The number of allylic oxidation sites excluding steroid dienone is 9. The zero-order valence-corrected chi connectivity index (χ0v) is 19.8. The molecule has 0 aromatic heterocycles. The van der Waals surface area contributed by atoms with E-state index in [-0.39, 0.29) is 5.54 Å². The minimum absolute atomic E-state index is 0.149. The Morgan fingerprint density at radius 2 is 1.82 bits per heavy atom. The Kier molecular flexibility index (Phi) is 8.77. The fourth-order valence-electron chi connectivity index (χ4n) is 5.29. The molecule has 0 spiro atoms. The Morgan fingerprint density at radius 3 is 2.61 bits per heavy atom. The van der Waals surface area contributed by atoms with Gasteiger partial charge < -0.3 is 10.1 Å². The maximum absolute atomic E-state index is 9.17. The van der Waals surface area contributed by atoms with Gasteiger partial charge in [0.2, 0.25) is 0 Å². The zero-order valence-electron chi connectivity index (χ0n) is 19.8. The number of nitrogens with zero attached hydrogens (tertiary/aromatic N) is 3. The monoisotopic (exact) mass is 446 g/mol. The molecule has 1 N–H and O–H groups in total. The van der Waals surface area contributed by atoms with Crippen molar-refractivity contribution in [2.45, 2.75) is 44.1 Å². The van der Waals surface area contributed by atoms with Gasteiger partial charge in [-0.2, -0.15) is 5.26 Å². The van der Waals surface area contributed by atoms with Crippen LogP contribution in [0.15, 0.2) is 71.5 Å². The average Bonchev–Trinajstić information content (AvgIpc) is 3.23. The summed E-state index contributed by atoms with van der Waals surface area (Å²) in [6.45, 7) is 8.28. The quantitative estimate of drug-likeness (QED) is 0.661. The van der Waals surface area contributed by atoms with E-state index in [2.05, 4.69) is 57.6 Å². The van der Waals surface area contributed by atoms with E-state index >= 15 is 0 Å². The highest BCUT2D eigenvalue weighted by atomic mass is 16.5. The smallest absolute Gasteiger partial charge is 0.0988 e. The highest BCUT2D eigenvalue weighted by Crippen LogP contribution is 2.29. The van der Waals surface area contributed by atoms with Crippen molar-refractivity contribution in [3.8, 4) is 6.07 Å². The molecule has 33 heavy (non-hydrogen) atoms. The van der Waals surface area contributed by atoms with Gasteiger partial charge in [-0.15, -0.1) is 0 Å². The third kappa shape index (κ3) is 6.80. The maximum atomic E-state index is 9.17. The molecule has 2 fully saturated rings. The van der Waals surface area contributed by atoms with Crippen molar-refractivity contribution in [3.05, 3.63) is 71.5 Å². The summed E-state index contributed by atoms with van der Waals surface area (Å²) in [5, 5.41) is 12.9. The SMILES string of the molecule is N#CC1=CCC(NCC2(N3CCCN(CC4=CC=CCC=C4)CCC3)CCOCC2)=CC=C1. The molecule has 5 heteroatoms. The fraction of sp³-hybridized carbons (Fsp3) is 0.536. The summed E-state index contributed by atoms with van der Waals surface area (Å²) in [6.07, 6.45) is 25.6. The Balaban J connectivity index is 1.35. The van der Waals surface area contributed by atoms with Crippen LogP contribution in [0, 0.1) is 11.3 Å². The third-order valence-electron chi connectivity index (χ3n) is 7.24. The number of nitriles is 1. The average molecular weight is 447 g/mol. The first-order chi connectivity index (χ1) is 16.3. The van der Waals surface area contributed by atoms with Crippen molar-refractivity contribution >= 4 is 0 Å². The van der Waals surface area contributed by atoms with Gasteiger partial charge in [0.05, 0.1) is 6.07 Å². The van der Waals surface area contributed by atoms with E-state index in [0.717, 1.165) is 83.7 Å². The molecule has 2 heterocycles. The number of ether oxygens (including phenoxy) is 1. The summed E-state index contributed by atoms with van der Waals surface area (Å²) in [4.78, 5) is 5.39. The Labute approximate surface area is 199 Å². The fourth-order valence-corrected chi connectivity index (χ4v) is 5.29. The van der Waals surface area contributed by atoms with Crippen LogP contribution in [0.4, 0.5) is 0 Å². The summed E-state index contributed by atoms with van der Waals surface area (Å²) in [5.74, 6) is 0. The van der Waals surface area contributed by atoms with Crippen LogP contribution in [-0.2, 0) is 4.74 Å². The summed E-state index contributed by atoms with van der Waals surface area (Å²) in [7, 11) is 0. The Morgan fingerprint density at radius 1 is 1.00 bits per heavy atom. The maximum Gasteiger partial charge on any atom is 0.0988 e. The normalized spacial score (nSPS) is 24.4. The molecular formula is C28H38N4O. The van der Waals surface area contributed by atoms with Crippen molar-refractivity contribution in [2.75, 3.05) is 52.5 Å². The summed E-state index contributed by atoms with van der Waals surface area (Å²) < 4.78 is 5.77. The Bertz CT molecular complexity index is 870. The first-order valence-electron chi connectivity index (χ1n) is 12.6. The topological polar surface area (TPSA) is 51.5 Å². The molecule has 2 aliphatic carbocycles. The number of rotatable bonds is 6. The van der Waals surface area contributed by atoms with Gasteiger partial charge in [-0.1, -0.05) is 42.5 Å². The number of hydrogen-bond acceptors (Lipinski definition) is 5. The molecule has 0 saturated carbocycles. The van der Waals surface area contributed by atoms with Gasteiger partial charge in [0, 0.05) is 49.5 Å². The second-order valence-corrected chi connectivity index (χ2v) is 9.49. The molecule has 2 aliphatic heterocycles. The van der Waals surface area contributed by atoms with Gasteiger partial charge in [0.15, 0.2) is 0 Å². The van der Waals surface area contributed by atoms with Crippen LogP contribution in [0.1, 0.15) is 38.5 Å². The van der Waals surface area contributed by atoms with Gasteiger partial charge in [-0.25, -0.2) is 0 Å². The lowest BCUT2D eigenvalue weighted by Gasteiger charge is -2.48. The van der Waals surface area contributed by atoms with E-state index in [4.69, 9.17) is 4.74 Å². The van der Waals surface area contributed by atoms with E-state index in [9.17, 15) is 5.26 Å². The predicted molar refractivity (Wildman–Crippen MR) is 135 cm³/mol. The van der Waals surface area contributed by atoms with Crippen molar-refractivity contribution in [2.24, 2.45) is 0 Å². The molecule has 0 aromatic rings. The minimum Gasteiger partial charge on any atom is -0.386 e. The highest BCUT2D eigenvalue weighted by Gasteiger charge is 2.38. The molecule has 4 aliphatic rings. The zero-order chi connectivity index (χ0) is 22.8. The van der Waals surface area contributed by atoms with E-state index in [1.54, 1.807) is 0 Å². The van der Waals surface area contributed by atoms with Crippen LogP contribution in [-0.4, -0.2) is 67.8 Å². The molecular weight excluding hydrogens is 408 g/mol. The van der Waals surface area contributed by atoms with Crippen molar-refractivity contribution < 1.29 is 4.74 Å². The second-order valence-electron chi connectivity index (χ2n) is 9.49. The molecule has 0 atom stereocenters. The van der Waals surface area contributed by atoms with Gasteiger partial charge in [0.1, 0.15) is 0 Å². The van der Waals surface area contributed by atoms with Crippen LogP contribution < -0.4 is 5.32 Å². The number of nitrogens with one attached hydrogen (secondary N) is 1. The Hall–Kier alpha value is -2.39. The molecule has 0 unspecified atom stereocenters. The summed E-state index contributed by atoms with van der Waals surface area (Å²) in [6, 6.07) is 2.25. The van der Waals surface area contributed by atoms with Crippen LogP contribution in [0.2, 0.25) is 0 Å². The van der Waals surface area contributed by atoms with Crippen molar-refractivity contribution in [1.29, 1.82) is 5.26 Å². The lowest BCUT2D eigenvalue weighted by Crippen LogP contribution is -2.59. The predicted octanol–water partition coefficient (Wildman–Crippen LogP) is 4.26. The highest BCUT2D eigenvalue weighted by molar-refractivity contribution is 5.38. The van der Waals surface area contributed by atoms with Crippen LogP contribution in [0.3, 0.4) is 0 Å². The van der Waals surface area contributed by atoms with Crippen LogP contribution in [0.5, 0.6) is 0 Å². The lowest BCUT2D eigenvalue weighted by atomic mass is 9.86. The molecule has 5 nitrogen and oxygen atoms in total. The second kappa shape index (κ2) is 12.2. The first kappa shape index (κ1) is 23.8. The van der Waals surface area contributed by atoms with Crippen LogP contribution in [0.25, 0.3) is 0 Å². The largest absolute Gasteiger partial charge is 0.386 e. The lowest BCUT2D eigenvalue weighted by molar-refractivity contribution is -0.0327. The summed E-state index contributed by atoms with van der Waals surface area (Å²) >= 11 is 0. The first-order valence-corrected chi connectivity index (χ1v) is 12.6. The van der Waals surface area contributed by atoms with Gasteiger partial charge in [-0.05, 0) is 76.0 Å². The van der Waals surface area contributed by atoms with Crippen molar-refractivity contribution in [1.82, 2.24) is 15.1 Å². The van der Waals surface area contributed by atoms with Gasteiger partial charge in [-0.3, -0.25) is 9.80 Å². The molecule has 0 bridgehead atoms. The van der Waals surface area contributed by atoms with Gasteiger partial charge in [0.25, 0.3) is 0 Å². The van der Waals surface area contributed by atoms with Crippen LogP contribution >= 0.6 is 0 Å². The van der Waals surface area contributed by atoms with E-state index in [0.29, 0.717) is 0 Å². The van der Waals surface area contributed by atoms with E-state index < -0.39 is 0 Å². The molecule has 2 saturated heterocycles. The summed E-state index contributed by atoms with van der Waals surface area (Å²) in [5.41, 5.74) is 3.50. The molecule has 4 rings (SSSR count). The van der Waals surface area contributed by atoms with Crippen molar-refractivity contribution in [3.63, 3.8) is 0 Å². The van der Waals surface area contributed by atoms with Gasteiger partial charge >= 0.3 is 0 Å². The van der Waals surface area contributed by atoms with E-state index in [1.165, 1.54) is 24.1 Å². The third-order valence-corrected chi connectivity index (χ3v) is 7.24. The molecule has 0 amide bonds. The standard InChI is InChI=1S/C28H38N4O/c29-22-25-10-5-11-27(13-12-25)30-24-28(14-20-33-21-15-28)32-18-6-16-31(17-7-19-32)23-26-8-3-1-2-4-9-26/h1,3-5,8-12,30H,2,6-7,13-21,23-24H2. The number of hydrogen-bond donors (Lipinski definition) is 1. The molecule has 0 radical (unpaired) electrons.